The Morgan fingerprint density at radius 1 is 0.932 bits per heavy atom. The molecule has 0 unspecified atom stereocenters. The number of fused-ring (bicyclic) bond motifs is 3. The predicted molar refractivity (Wildman–Crippen MR) is 166 cm³/mol. The summed E-state index contributed by atoms with van der Waals surface area (Å²) in [4.78, 5) is 34.3. The lowest BCUT2D eigenvalue weighted by Gasteiger charge is -2.24. The number of hydrogen-bond donors (Lipinski definition) is 2. The Labute approximate surface area is 258 Å². The number of ether oxygens (including phenoxy) is 5. The van der Waals surface area contributed by atoms with E-state index < -0.39 is 5.60 Å². The number of para-hydroxylation sites is 1. The summed E-state index contributed by atoms with van der Waals surface area (Å²) in [7, 11) is 0. The molecule has 13 nitrogen and oxygen atoms in total. The van der Waals surface area contributed by atoms with Crippen LogP contribution in [0.4, 0.5) is 5.82 Å². The summed E-state index contributed by atoms with van der Waals surface area (Å²) in [6.07, 6.45) is 1.44. The highest BCUT2D eigenvalue weighted by atomic mass is 16.6. The number of aromatic nitrogens is 3. The summed E-state index contributed by atoms with van der Waals surface area (Å²) in [6, 6.07) is 7.68. The van der Waals surface area contributed by atoms with Gasteiger partial charge < -0.3 is 48.8 Å². The van der Waals surface area contributed by atoms with Crippen LogP contribution in [0.5, 0.6) is 0 Å². The van der Waals surface area contributed by atoms with Crippen LogP contribution < -0.4 is 5.73 Å². The lowest BCUT2D eigenvalue weighted by molar-refractivity contribution is -0.133. The number of amides is 1. The molecule has 3 N–H and O–H groups in total. The Balaban J connectivity index is 1.39. The van der Waals surface area contributed by atoms with Gasteiger partial charge in [-0.25, -0.2) is 9.97 Å². The molecule has 0 aliphatic carbocycles. The number of nitrogens with two attached hydrogens (primary N) is 1. The molecule has 0 radical (unpaired) electrons. The topological polar surface area (TPSA) is 160 Å². The number of hydrogen-bond acceptors (Lipinski definition) is 11. The van der Waals surface area contributed by atoms with E-state index in [2.05, 4.69) is 4.98 Å². The van der Waals surface area contributed by atoms with E-state index in [9.17, 15) is 14.7 Å². The van der Waals surface area contributed by atoms with Crippen molar-refractivity contribution >= 4 is 39.9 Å². The minimum absolute atomic E-state index is 0.0608. The molecular weight excluding hydrogens is 570 g/mol. The molecule has 44 heavy (non-hydrogen) atoms. The number of nitrogens with zero attached hydrogens (tertiary/aromatic N) is 4. The average Bonchev–Trinajstić information content (AvgIpc) is 3.34. The maximum Gasteiger partial charge on any atom is 0.225 e. The number of anilines is 1. The molecule has 0 aliphatic heterocycles. The van der Waals surface area contributed by atoms with Crippen LogP contribution in [0, 0.1) is 0 Å². The van der Waals surface area contributed by atoms with Gasteiger partial charge in [0.05, 0.1) is 102 Å². The van der Waals surface area contributed by atoms with Crippen molar-refractivity contribution in [2.75, 3.05) is 78.3 Å². The van der Waals surface area contributed by atoms with Crippen LogP contribution in [-0.2, 0) is 46.4 Å². The van der Waals surface area contributed by atoms with Crippen molar-refractivity contribution in [1.82, 2.24) is 19.4 Å². The molecule has 1 amide bonds. The van der Waals surface area contributed by atoms with Gasteiger partial charge in [-0.05, 0) is 26.8 Å². The van der Waals surface area contributed by atoms with Crippen molar-refractivity contribution in [3.8, 4) is 0 Å². The second-order valence-electron chi connectivity index (χ2n) is 10.8. The number of nitrogen functional groups attached to an aromatic ring is 1. The number of carbonyl (C=O) groups is 2. The Morgan fingerprint density at radius 3 is 2.07 bits per heavy atom. The van der Waals surface area contributed by atoms with Gasteiger partial charge in [0, 0.05) is 18.4 Å². The van der Waals surface area contributed by atoms with Gasteiger partial charge in [-0.2, -0.15) is 0 Å². The maximum atomic E-state index is 13.1. The summed E-state index contributed by atoms with van der Waals surface area (Å²) in [6.45, 7) is 10.6. The molecule has 2 aromatic heterocycles. The summed E-state index contributed by atoms with van der Waals surface area (Å²) >= 11 is 0. The number of aldehydes is 1. The van der Waals surface area contributed by atoms with Crippen molar-refractivity contribution in [1.29, 1.82) is 0 Å². The molecular formula is C31H47N5O8. The number of carbonyl (C=O) groups excluding carboxylic acids is 2. The molecule has 3 rings (SSSR count). The normalized spacial score (nSPS) is 11.9. The zero-order valence-corrected chi connectivity index (χ0v) is 26.2. The Bertz CT molecular complexity index is 1310. The third kappa shape index (κ3) is 11.4. The molecule has 0 fully saturated rings. The molecule has 0 spiro atoms. The van der Waals surface area contributed by atoms with E-state index in [1.54, 1.807) is 18.7 Å². The lowest BCUT2D eigenvalue weighted by Crippen LogP contribution is -2.34. The first-order valence-corrected chi connectivity index (χ1v) is 15.1. The first kappa shape index (κ1) is 35.3. The van der Waals surface area contributed by atoms with Crippen LogP contribution >= 0.6 is 0 Å². The van der Waals surface area contributed by atoms with Gasteiger partial charge in [-0.1, -0.05) is 18.2 Å². The van der Waals surface area contributed by atoms with E-state index >= 15 is 0 Å². The second-order valence-corrected chi connectivity index (χ2v) is 10.8. The summed E-state index contributed by atoms with van der Waals surface area (Å²) in [5, 5.41) is 11.6. The zero-order valence-electron chi connectivity index (χ0n) is 26.2. The Morgan fingerprint density at radius 2 is 1.50 bits per heavy atom. The quantitative estimate of drug-likeness (QED) is 0.119. The number of imidazole rings is 1. The molecule has 2 heterocycles. The molecule has 0 atom stereocenters. The SMILES string of the molecule is CCN(Cc1nc2c(N)nc3ccccc3c2n1CC(C)(C)O)C(=O)CCOCCOCCOCCOCCOCCC=O. The van der Waals surface area contributed by atoms with Crippen molar-refractivity contribution in [2.45, 2.75) is 52.3 Å². The van der Waals surface area contributed by atoms with Gasteiger partial charge in [-0.3, -0.25) is 4.79 Å². The third-order valence-corrected chi connectivity index (χ3v) is 6.63. The fourth-order valence-electron chi connectivity index (χ4n) is 4.56. The fourth-order valence-corrected chi connectivity index (χ4v) is 4.56. The number of pyridine rings is 1. The van der Waals surface area contributed by atoms with Crippen molar-refractivity contribution in [3.05, 3.63) is 30.1 Å². The van der Waals surface area contributed by atoms with E-state index in [-0.39, 0.29) is 32.0 Å². The minimum Gasteiger partial charge on any atom is -0.389 e. The highest BCUT2D eigenvalue weighted by Gasteiger charge is 2.24. The summed E-state index contributed by atoms with van der Waals surface area (Å²) in [5.41, 5.74) is 7.37. The highest BCUT2D eigenvalue weighted by molar-refractivity contribution is 6.06. The number of rotatable bonds is 23. The monoisotopic (exact) mass is 617 g/mol. The maximum absolute atomic E-state index is 13.1. The van der Waals surface area contributed by atoms with Crippen LogP contribution in [0.25, 0.3) is 21.9 Å². The van der Waals surface area contributed by atoms with Gasteiger partial charge in [-0.15, -0.1) is 0 Å². The smallest absolute Gasteiger partial charge is 0.225 e. The molecule has 0 aliphatic rings. The van der Waals surface area contributed by atoms with Crippen LogP contribution in [-0.4, -0.2) is 115 Å². The van der Waals surface area contributed by atoms with E-state index in [1.807, 2.05) is 35.8 Å². The summed E-state index contributed by atoms with van der Waals surface area (Å²) in [5.74, 6) is 0.880. The first-order valence-electron chi connectivity index (χ1n) is 15.1. The van der Waals surface area contributed by atoms with Gasteiger partial charge in [0.25, 0.3) is 0 Å². The van der Waals surface area contributed by atoms with Gasteiger partial charge in [0.2, 0.25) is 5.91 Å². The van der Waals surface area contributed by atoms with Crippen LogP contribution in [0.2, 0.25) is 0 Å². The standard InChI is InChI=1S/C31H47N5O8/c1-4-35(27(38)10-13-41-15-17-43-19-21-44-20-18-42-16-14-40-12-7-11-37)22-26-34-28-29(36(26)23-31(2,3)39)24-8-5-6-9-25(24)33-30(28)32/h5-6,8-9,11,39H,4,7,10,12-23H2,1-3H3,(H2,32,33). The van der Waals surface area contributed by atoms with Crippen LogP contribution in [0.1, 0.15) is 39.4 Å². The van der Waals surface area contributed by atoms with E-state index in [1.165, 1.54) is 0 Å². The average molecular weight is 618 g/mol. The van der Waals surface area contributed by atoms with Crippen molar-refractivity contribution in [3.63, 3.8) is 0 Å². The van der Waals surface area contributed by atoms with Gasteiger partial charge in [0.15, 0.2) is 5.82 Å². The first-order chi connectivity index (χ1) is 21.2. The molecule has 3 aromatic rings. The molecule has 13 heteroatoms. The van der Waals surface area contributed by atoms with E-state index in [0.29, 0.717) is 89.6 Å². The largest absolute Gasteiger partial charge is 0.389 e. The predicted octanol–water partition coefficient (Wildman–Crippen LogP) is 2.35. The zero-order chi connectivity index (χ0) is 31.8. The number of aliphatic hydroxyl groups is 1. The minimum atomic E-state index is -1.02. The molecule has 0 saturated heterocycles. The second kappa shape index (κ2) is 18.6. The summed E-state index contributed by atoms with van der Waals surface area (Å²) < 4.78 is 29.1. The van der Waals surface area contributed by atoms with Crippen molar-refractivity contribution in [2.24, 2.45) is 0 Å². The third-order valence-electron chi connectivity index (χ3n) is 6.63. The number of benzene rings is 1. The Hall–Kier alpha value is -3.20. The molecule has 1 aromatic carbocycles. The molecule has 0 bridgehead atoms. The Kier molecular flexibility index (Phi) is 14.9. The van der Waals surface area contributed by atoms with Crippen LogP contribution in [0.3, 0.4) is 0 Å². The fraction of sp³-hybridized carbons (Fsp3) is 0.613. The van der Waals surface area contributed by atoms with E-state index in [0.717, 1.165) is 22.7 Å². The molecule has 244 valence electrons. The van der Waals surface area contributed by atoms with Gasteiger partial charge >= 0.3 is 0 Å². The van der Waals surface area contributed by atoms with E-state index in [4.69, 9.17) is 34.4 Å². The molecule has 0 saturated carbocycles. The van der Waals surface area contributed by atoms with Crippen LogP contribution in [0.15, 0.2) is 24.3 Å². The highest BCUT2D eigenvalue weighted by Crippen LogP contribution is 2.30. The van der Waals surface area contributed by atoms with Gasteiger partial charge in [0.1, 0.15) is 17.6 Å². The van der Waals surface area contributed by atoms with Crippen molar-refractivity contribution < 1.29 is 38.4 Å². The lowest BCUT2D eigenvalue weighted by atomic mass is 10.1.